The number of nitrogen functional groups attached to an aromatic ring is 1. The standard InChI is InChI=1S/C13H10F3NO/c14-10-2-1-3-11(15)9(10)7-18-8-4-5-13(17)12(16)6-8/h1-6H,7,17H2. The average molecular weight is 253 g/mol. The van der Waals surface area contributed by atoms with Crippen LogP contribution in [0.2, 0.25) is 0 Å². The predicted molar refractivity (Wildman–Crippen MR) is 61.5 cm³/mol. The van der Waals surface area contributed by atoms with Crippen LogP contribution in [0, 0.1) is 17.5 Å². The van der Waals surface area contributed by atoms with Gasteiger partial charge in [0, 0.05) is 6.07 Å². The van der Waals surface area contributed by atoms with Gasteiger partial charge in [0.2, 0.25) is 0 Å². The van der Waals surface area contributed by atoms with Crippen molar-refractivity contribution in [2.75, 3.05) is 5.73 Å². The first kappa shape index (κ1) is 12.3. The Morgan fingerprint density at radius 2 is 1.61 bits per heavy atom. The lowest BCUT2D eigenvalue weighted by atomic mass is 10.2. The molecule has 0 amide bonds. The van der Waals surface area contributed by atoms with E-state index in [1.165, 1.54) is 18.2 Å². The zero-order valence-corrected chi connectivity index (χ0v) is 9.29. The molecule has 0 aromatic heterocycles. The number of benzene rings is 2. The minimum Gasteiger partial charge on any atom is -0.489 e. The summed E-state index contributed by atoms with van der Waals surface area (Å²) >= 11 is 0. The molecule has 0 aliphatic heterocycles. The van der Waals surface area contributed by atoms with Crippen molar-refractivity contribution in [3.8, 4) is 5.75 Å². The molecule has 2 nitrogen and oxygen atoms in total. The SMILES string of the molecule is Nc1ccc(OCc2c(F)cccc2F)cc1F. The molecule has 0 radical (unpaired) electrons. The molecule has 0 aliphatic rings. The molecule has 0 heterocycles. The molecule has 0 spiro atoms. The van der Waals surface area contributed by atoms with Gasteiger partial charge in [-0.2, -0.15) is 0 Å². The Labute approximate surface area is 102 Å². The molecule has 0 saturated carbocycles. The molecule has 0 fully saturated rings. The summed E-state index contributed by atoms with van der Waals surface area (Å²) in [5.74, 6) is -1.89. The maximum Gasteiger partial charge on any atom is 0.149 e. The third-order valence-corrected chi connectivity index (χ3v) is 2.42. The molecule has 0 atom stereocenters. The molecule has 2 rings (SSSR count). The Hall–Kier alpha value is -2.17. The summed E-state index contributed by atoms with van der Waals surface area (Å²) in [6.45, 7) is -0.318. The van der Waals surface area contributed by atoms with Crippen molar-refractivity contribution in [1.82, 2.24) is 0 Å². The van der Waals surface area contributed by atoms with E-state index < -0.39 is 17.5 Å². The van der Waals surface area contributed by atoms with Gasteiger partial charge < -0.3 is 10.5 Å². The lowest BCUT2D eigenvalue weighted by molar-refractivity contribution is 0.291. The topological polar surface area (TPSA) is 35.2 Å². The van der Waals surface area contributed by atoms with E-state index in [-0.39, 0.29) is 23.6 Å². The van der Waals surface area contributed by atoms with E-state index in [0.717, 1.165) is 18.2 Å². The van der Waals surface area contributed by atoms with Crippen molar-refractivity contribution in [3.05, 3.63) is 59.4 Å². The minimum atomic E-state index is -0.703. The second-order valence-corrected chi connectivity index (χ2v) is 3.67. The van der Waals surface area contributed by atoms with Gasteiger partial charge in [-0.15, -0.1) is 0 Å². The largest absolute Gasteiger partial charge is 0.489 e. The highest BCUT2D eigenvalue weighted by Gasteiger charge is 2.09. The summed E-state index contributed by atoms with van der Waals surface area (Å²) in [4.78, 5) is 0. The second-order valence-electron chi connectivity index (χ2n) is 3.67. The predicted octanol–water partition coefficient (Wildman–Crippen LogP) is 3.27. The van der Waals surface area contributed by atoms with Gasteiger partial charge in [0.15, 0.2) is 0 Å². The third kappa shape index (κ3) is 2.56. The summed E-state index contributed by atoms with van der Waals surface area (Å²) in [5.41, 5.74) is 5.08. The van der Waals surface area contributed by atoms with Crippen LogP contribution in [-0.4, -0.2) is 0 Å². The number of hydrogen-bond acceptors (Lipinski definition) is 2. The summed E-state index contributed by atoms with van der Waals surface area (Å²) in [5, 5.41) is 0. The monoisotopic (exact) mass is 253 g/mol. The first-order chi connectivity index (χ1) is 8.58. The quantitative estimate of drug-likeness (QED) is 0.852. The van der Waals surface area contributed by atoms with Gasteiger partial charge in [-0.25, -0.2) is 13.2 Å². The van der Waals surface area contributed by atoms with E-state index in [1.807, 2.05) is 0 Å². The van der Waals surface area contributed by atoms with Crippen LogP contribution in [0.15, 0.2) is 36.4 Å². The van der Waals surface area contributed by atoms with Crippen molar-refractivity contribution < 1.29 is 17.9 Å². The molecule has 2 N–H and O–H groups in total. The number of ether oxygens (including phenoxy) is 1. The minimum absolute atomic E-state index is 0.0144. The van der Waals surface area contributed by atoms with Crippen LogP contribution in [0.1, 0.15) is 5.56 Å². The highest BCUT2D eigenvalue weighted by molar-refractivity contribution is 5.43. The zero-order chi connectivity index (χ0) is 13.1. The molecule has 0 aliphatic carbocycles. The van der Waals surface area contributed by atoms with E-state index in [9.17, 15) is 13.2 Å². The highest BCUT2D eigenvalue weighted by atomic mass is 19.1. The lowest BCUT2D eigenvalue weighted by Gasteiger charge is -2.08. The molecular weight excluding hydrogens is 243 g/mol. The third-order valence-electron chi connectivity index (χ3n) is 2.42. The lowest BCUT2D eigenvalue weighted by Crippen LogP contribution is -2.02. The fourth-order valence-corrected chi connectivity index (χ4v) is 1.42. The van der Waals surface area contributed by atoms with E-state index in [0.29, 0.717) is 0 Å². The summed E-state index contributed by atoms with van der Waals surface area (Å²) < 4.78 is 44.8. The molecule has 0 unspecified atom stereocenters. The van der Waals surface area contributed by atoms with Crippen LogP contribution < -0.4 is 10.5 Å². The van der Waals surface area contributed by atoms with Crippen molar-refractivity contribution in [2.45, 2.75) is 6.61 Å². The molecular formula is C13H10F3NO. The second kappa shape index (κ2) is 5.00. The number of hydrogen-bond donors (Lipinski definition) is 1. The van der Waals surface area contributed by atoms with Crippen molar-refractivity contribution in [2.24, 2.45) is 0 Å². The maximum absolute atomic E-state index is 13.3. The van der Waals surface area contributed by atoms with Crippen molar-refractivity contribution in [1.29, 1.82) is 0 Å². The van der Waals surface area contributed by atoms with Gasteiger partial charge in [0.05, 0.1) is 11.3 Å². The first-order valence-corrected chi connectivity index (χ1v) is 5.18. The van der Waals surface area contributed by atoms with Gasteiger partial charge in [-0.3, -0.25) is 0 Å². The fraction of sp³-hybridized carbons (Fsp3) is 0.0769. The average Bonchev–Trinajstić information content (AvgIpc) is 2.33. The molecule has 2 aromatic rings. The Morgan fingerprint density at radius 3 is 2.22 bits per heavy atom. The molecule has 5 heteroatoms. The number of halogens is 3. The van der Waals surface area contributed by atoms with Crippen molar-refractivity contribution >= 4 is 5.69 Å². The van der Waals surface area contributed by atoms with Crippen LogP contribution in [0.4, 0.5) is 18.9 Å². The van der Waals surface area contributed by atoms with Crippen LogP contribution in [0.25, 0.3) is 0 Å². The van der Waals surface area contributed by atoms with Crippen LogP contribution in [0.5, 0.6) is 5.75 Å². The van der Waals surface area contributed by atoms with E-state index in [1.54, 1.807) is 0 Å². The molecule has 0 bridgehead atoms. The summed E-state index contributed by atoms with van der Waals surface area (Å²) in [6, 6.07) is 7.33. The van der Waals surface area contributed by atoms with Gasteiger partial charge in [0.25, 0.3) is 0 Å². The molecule has 0 saturated heterocycles. The Balaban J connectivity index is 2.14. The normalized spacial score (nSPS) is 10.4. The Bertz CT molecular complexity index is 552. The van der Waals surface area contributed by atoms with Crippen LogP contribution in [0.3, 0.4) is 0 Å². The Morgan fingerprint density at radius 1 is 0.944 bits per heavy atom. The van der Waals surface area contributed by atoms with E-state index >= 15 is 0 Å². The van der Waals surface area contributed by atoms with Gasteiger partial charge >= 0.3 is 0 Å². The molecule has 94 valence electrons. The summed E-state index contributed by atoms with van der Waals surface area (Å²) in [7, 11) is 0. The number of rotatable bonds is 3. The zero-order valence-electron chi connectivity index (χ0n) is 9.29. The smallest absolute Gasteiger partial charge is 0.149 e. The Kier molecular flexibility index (Phi) is 3.41. The number of nitrogens with two attached hydrogens (primary N) is 1. The van der Waals surface area contributed by atoms with Crippen LogP contribution >= 0.6 is 0 Å². The van der Waals surface area contributed by atoms with Gasteiger partial charge in [-0.05, 0) is 24.3 Å². The van der Waals surface area contributed by atoms with E-state index in [4.69, 9.17) is 10.5 Å². The molecule has 2 aromatic carbocycles. The first-order valence-electron chi connectivity index (χ1n) is 5.18. The maximum atomic E-state index is 13.3. The fourth-order valence-electron chi connectivity index (χ4n) is 1.42. The summed E-state index contributed by atoms with van der Waals surface area (Å²) in [6.07, 6.45) is 0. The van der Waals surface area contributed by atoms with Gasteiger partial charge in [-0.1, -0.05) is 6.07 Å². The van der Waals surface area contributed by atoms with Crippen LogP contribution in [-0.2, 0) is 6.61 Å². The van der Waals surface area contributed by atoms with E-state index in [2.05, 4.69) is 0 Å². The van der Waals surface area contributed by atoms with Gasteiger partial charge in [0.1, 0.15) is 29.8 Å². The highest BCUT2D eigenvalue weighted by Crippen LogP contribution is 2.20. The van der Waals surface area contributed by atoms with Crippen molar-refractivity contribution in [3.63, 3.8) is 0 Å². The number of anilines is 1. The molecule has 18 heavy (non-hydrogen) atoms.